The van der Waals surface area contributed by atoms with Gasteiger partial charge in [0.2, 0.25) is 0 Å². The van der Waals surface area contributed by atoms with Crippen LogP contribution in [-0.2, 0) is 0 Å². The molecule has 1 aromatic rings. The van der Waals surface area contributed by atoms with Gasteiger partial charge in [0.25, 0.3) is 6.43 Å². The molecule has 1 rings (SSSR count). The number of halogens is 4. The fourth-order valence-corrected chi connectivity index (χ4v) is 1.63. The molecule has 0 aliphatic rings. The molecule has 2 nitrogen and oxygen atoms in total. The smallest absolute Gasteiger partial charge is 0.250 e. The van der Waals surface area contributed by atoms with E-state index in [0.29, 0.717) is 15.6 Å². The molecule has 1 atom stereocenters. The van der Waals surface area contributed by atoms with Crippen LogP contribution in [0.3, 0.4) is 0 Å². The molecule has 90 valence electrons. The van der Waals surface area contributed by atoms with Crippen molar-refractivity contribution in [3.63, 3.8) is 0 Å². The molecule has 1 unspecified atom stereocenters. The quantitative estimate of drug-likeness (QED) is 0.862. The highest BCUT2D eigenvalue weighted by Gasteiger charge is 2.12. The summed E-state index contributed by atoms with van der Waals surface area (Å²) in [6, 6.07) is 4.65. The maximum absolute atomic E-state index is 11.8. The first-order valence-corrected chi connectivity index (χ1v) is 5.38. The van der Waals surface area contributed by atoms with Crippen molar-refractivity contribution in [2.75, 3.05) is 13.1 Å². The Bertz CT molecular complexity index is 350. The molecular formula is C10H11Cl2F2NO. The third-order valence-electron chi connectivity index (χ3n) is 1.95. The minimum absolute atomic E-state index is 0.00437. The average molecular weight is 270 g/mol. The van der Waals surface area contributed by atoms with Crippen LogP contribution in [-0.4, -0.2) is 24.6 Å². The third-order valence-corrected chi connectivity index (χ3v) is 2.53. The van der Waals surface area contributed by atoms with Crippen molar-refractivity contribution in [2.45, 2.75) is 12.5 Å². The standard InChI is InChI=1S/C10H11Cl2F2NO/c11-6-1-2-8(12)7(3-6)9(16)4-15-5-10(13)14/h1-3,9-10,15-16H,4-5H2. The van der Waals surface area contributed by atoms with Gasteiger partial charge >= 0.3 is 0 Å². The van der Waals surface area contributed by atoms with Crippen molar-refractivity contribution in [1.82, 2.24) is 5.32 Å². The van der Waals surface area contributed by atoms with Crippen LogP contribution >= 0.6 is 23.2 Å². The van der Waals surface area contributed by atoms with Gasteiger partial charge in [-0.1, -0.05) is 23.2 Å². The van der Waals surface area contributed by atoms with Crippen molar-refractivity contribution in [2.24, 2.45) is 0 Å². The number of alkyl halides is 2. The maximum atomic E-state index is 11.8. The molecule has 1 aromatic carbocycles. The first kappa shape index (κ1) is 13.6. The third kappa shape index (κ3) is 4.22. The number of hydrogen-bond donors (Lipinski definition) is 2. The van der Waals surface area contributed by atoms with Crippen molar-refractivity contribution in [3.8, 4) is 0 Å². The summed E-state index contributed by atoms with van der Waals surface area (Å²) in [7, 11) is 0. The molecule has 0 fully saturated rings. The van der Waals surface area contributed by atoms with Gasteiger partial charge in [0, 0.05) is 22.2 Å². The normalized spacial score (nSPS) is 13.1. The van der Waals surface area contributed by atoms with Crippen LogP contribution in [0.15, 0.2) is 18.2 Å². The highest BCUT2D eigenvalue weighted by molar-refractivity contribution is 6.33. The fraction of sp³-hybridized carbons (Fsp3) is 0.400. The molecule has 0 aliphatic carbocycles. The van der Waals surface area contributed by atoms with Gasteiger partial charge < -0.3 is 10.4 Å². The maximum Gasteiger partial charge on any atom is 0.250 e. The van der Waals surface area contributed by atoms with Crippen molar-refractivity contribution < 1.29 is 13.9 Å². The molecule has 0 saturated carbocycles. The lowest BCUT2D eigenvalue weighted by molar-refractivity contribution is 0.129. The Balaban J connectivity index is 2.58. The number of benzene rings is 1. The fourth-order valence-electron chi connectivity index (χ4n) is 1.21. The number of aliphatic hydroxyl groups is 1. The van der Waals surface area contributed by atoms with E-state index in [1.54, 1.807) is 12.1 Å². The summed E-state index contributed by atoms with van der Waals surface area (Å²) in [6.07, 6.45) is -3.40. The molecule has 0 aromatic heterocycles. The zero-order valence-corrected chi connectivity index (χ0v) is 9.77. The number of rotatable bonds is 5. The van der Waals surface area contributed by atoms with E-state index in [1.165, 1.54) is 6.07 Å². The van der Waals surface area contributed by atoms with Gasteiger partial charge in [0.15, 0.2) is 0 Å². The molecule has 0 saturated heterocycles. The average Bonchev–Trinajstić information content (AvgIpc) is 2.21. The van der Waals surface area contributed by atoms with E-state index in [2.05, 4.69) is 5.32 Å². The lowest BCUT2D eigenvalue weighted by Crippen LogP contribution is -2.26. The van der Waals surface area contributed by atoms with Crippen molar-refractivity contribution >= 4 is 23.2 Å². The highest BCUT2D eigenvalue weighted by atomic mass is 35.5. The summed E-state index contributed by atoms with van der Waals surface area (Å²) in [6.45, 7) is -0.459. The van der Waals surface area contributed by atoms with Gasteiger partial charge in [-0.2, -0.15) is 0 Å². The molecule has 0 aliphatic heterocycles. The second kappa shape index (κ2) is 6.35. The zero-order valence-electron chi connectivity index (χ0n) is 8.26. The first-order valence-electron chi connectivity index (χ1n) is 4.62. The number of nitrogens with one attached hydrogen (secondary N) is 1. The van der Waals surface area contributed by atoms with Crippen LogP contribution in [0, 0.1) is 0 Å². The van der Waals surface area contributed by atoms with Gasteiger partial charge in [-0.25, -0.2) is 8.78 Å². The highest BCUT2D eigenvalue weighted by Crippen LogP contribution is 2.25. The molecule has 0 spiro atoms. The van der Waals surface area contributed by atoms with E-state index < -0.39 is 19.1 Å². The van der Waals surface area contributed by atoms with Crippen LogP contribution in [0.2, 0.25) is 10.0 Å². The van der Waals surface area contributed by atoms with E-state index in [9.17, 15) is 13.9 Å². The van der Waals surface area contributed by atoms with E-state index >= 15 is 0 Å². The van der Waals surface area contributed by atoms with Crippen molar-refractivity contribution in [1.29, 1.82) is 0 Å². The van der Waals surface area contributed by atoms with E-state index in [0.717, 1.165) is 0 Å². The number of aliphatic hydroxyl groups excluding tert-OH is 1. The predicted octanol–water partition coefficient (Wildman–Crippen LogP) is 2.88. The molecule has 0 amide bonds. The molecule has 6 heteroatoms. The van der Waals surface area contributed by atoms with Crippen LogP contribution in [0.4, 0.5) is 8.78 Å². The lowest BCUT2D eigenvalue weighted by atomic mass is 10.1. The van der Waals surface area contributed by atoms with Gasteiger partial charge in [0.1, 0.15) is 0 Å². The van der Waals surface area contributed by atoms with E-state index in [-0.39, 0.29) is 6.54 Å². The Morgan fingerprint density at radius 3 is 2.56 bits per heavy atom. The second-order valence-electron chi connectivity index (χ2n) is 3.23. The minimum Gasteiger partial charge on any atom is -0.387 e. The first-order chi connectivity index (χ1) is 7.50. The Labute approximate surface area is 102 Å². The lowest BCUT2D eigenvalue weighted by Gasteiger charge is -2.13. The van der Waals surface area contributed by atoms with Crippen LogP contribution in [0.5, 0.6) is 0 Å². The summed E-state index contributed by atoms with van der Waals surface area (Å²) in [4.78, 5) is 0. The van der Waals surface area contributed by atoms with Gasteiger partial charge in [0.05, 0.1) is 12.6 Å². The zero-order chi connectivity index (χ0) is 12.1. The molecular weight excluding hydrogens is 259 g/mol. The van der Waals surface area contributed by atoms with E-state index in [4.69, 9.17) is 23.2 Å². The van der Waals surface area contributed by atoms with Crippen LogP contribution in [0.25, 0.3) is 0 Å². The molecule has 16 heavy (non-hydrogen) atoms. The summed E-state index contributed by atoms with van der Waals surface area (Å²) >= 11 is 11.6. The SMILES string of the molecule is OC(CNCC(F)F)c1cc(Cl)ccc1Cl. The van der Waals surface area contributed by atoms with Gasteiger partial charge in [-0.15, -0.1) is 0 Å². The van der Waals surface area contributed by atoms with Crippen LogP contribution in [0.1, 0.15) is 11.7 Å². The Morgan fingerprint density at radius 1 is 1.25 bits per heavy atom. The van der Waals surface area contributed by atoms with Gasteiger partial charge in [-0.05, 0) is 18.2 Å². The Hall–Kier alpha value is -0.420. The van der Waals surface area contributed by atoms with Gasteiger partial charge in [-0.3, -0.25) is 0 Å². The summed E-state index contributed by atoms with van der Waals surface area (Å²) in [5.41, 5.74) is 0.427. The Morgan fingerprint density at radius 2 is 1.94 bits per heavy atom. The predicted molar refractivity (Wildman–Crippen MR) is 60.3 cm³/mol. The topological polar surface area (TPSA) is 32.3 Å². The van der Waals surface area contributed by atoms with Crippen LogP contribution < -0.4 is 5.32 Å². The monoisotopic (exact) mass is 269 g/mol. The summed E-state index contributed by atoms with van der Waals surface area (Å²) < 4.78 is 23.7. The molecule has 0 bridgehead atoms. The second-order valence-corrected chi connectivity index (χ2v) is 4.07. The molecule has 0 heterocycles. The van der Waals surface area contributed by atoms with Crippen molar-refractivity contribution in [3.05, 3.63) is 33.8 Å². The largest absolute Gasteiger partial charge is 0.387 e. The minimum atomic E-state index is -2.44. The number of hydrogen-bond acceptors (Lipinski definition) is 2. The summed E-state index contributed by atoms with van der Waals surface area (Å²) in [5.74, 6) is 0. The Kier molecular flexibility index (Phi) is 5.41. The van der Waals surface area contributed by atoms with E-state index in [1.807, 2.05) is 0 Å². The molecule has 2 N–H and O–H groups in total. The summed E-state index contributed by atoms with van der Waals surface area (Å²) in [5, 5.41) is 12.9. The molecule has 0 radical (unpaired) electrons.